The summed E-state index contributed by atoms with van der Waals surface area (Å²) in [6, 6.07) is 7.67. The molecule has 0 spiro atoms. The number of carbonyl (C=O) groups excluding carboxylic acids is 2. The number of hydrogen-bond acceptors (Lipinski definition) is 4. The summed E-state index contributed by atoms with van der Waals surface area (Å²) >= 11 is 0. The molecule has 1 aliphatic rings. The Morgan fingerprint density at radius 3 is 2.42 bits per heavy atom. The summed E-state index contributed by atoms with van der Waals surface area (Å²) in [5, 5.41) is 3.03. The molecular weight excluding hydrogens is 330 g/mol. The van der Waals surface area contributed by atoms with Crippen molar-refractivity contribution in [3.8, 4) is 5.75 Å². The molecule has 0 radical (unpaired) electrons. The molecule has 5 heteroatoms. The van der Waals surface area contributed by atoms with Gasteiger partial charge in [-0.25, -0.2) is 0 Å². The SMILES string of the molecule is CCC(C)C(=O)O[C@H]1CC[C@H](NC(=O)/C=C/c2ccc(OC)cc2)CC1. The van der Waals surface area contributed by atoms with Crippen LogP contribution in [0.3, 0.4) is 0 Å². The van der Waals surface area contributed by atoms with E-state index >= 15 is 0 Å². The van der Waals surface area contributed by atoms with Crippen LogP contribution in [-0.4, -0.2) is 31.1 Å². The van der Waals surface area contributed by atoms with E-state index in [1.54, 1.807) is 19.3 Å². The summed E-state index contributed by atoms with van der Waals surface area (Å²) in [6.07, 6.45) is 7.39. The fourth-order valence-corrected chi connectivity index (χ4v) is 2.91. The van der Waals surface area contributed by atoms with Crippen molar-refractivity contribution < 1.29 is 19.1 Å². The molecule has 1 aromatic rings. The first-order valence-corrected chi connectivity index (χ1v) is 9.35. The molecule has 2 rings (SSSR count). The minimum atomic E-state index is -0.109. The van der Waals surface area contributed by atoms with E-state index < -0.39 is 0 Å². The van der Waals surface area contributed by atoms with Crippen LogP contribution in [0.5, 0.6) is 5.75 Å². The minimum Gasteiger partial charge on any atom is -0.497 e. The standard InChI is InChI=1S/C21H29NO4/c1-4-15(2)21(24)26-19-12-8-17(9-13-19)22-20(23)14-7-16-5-10-18(25-3)11-6-16/h5-7,10-11,14-15,17,19H,4,8-9,12-13H2,1-3H3,(H,22,23)/b14-7+/t15?,17-,19-. The molecule has 26 heavy (non-hydrogen) atoms. The second-order valence-corrected chi connectivity index (χ2v) is 6.83. The van der Waals surface area contributed by atoms with Crippen LogP contribution in [0.1, 0.15) is 51.5 Å². The molecule has 142 valence electrons. The fraction of sp³-hybridized carbons (Fsp3) is 0.524. The zero-order valence-electron chi connectivity index (χ0n) is 15.9. The smallest absolute Gasteiger partial charge is 0.308 e. The first-order valence-electron chi connectivity index (χ1n) is 9.35. The third-order valence-corrected chi connectivity index (χ3v) is 4.86. The van der Waals surface area contributed by atoms with Crippen molar-refractivity contribution in [1.29, 1.82) is 0 Å². The van der Waals surface area contributed by atoms with Crippen molar-refractivity contribution in [3.05, 3.63) is 35.9 Å². The van der Waals surface area contributed by atoms with Crippen molar-refractivity contribution in [2.75, 3.05) is 7.11 Å². The molecule has 1 aromatic carbocycles. The van der Waals surface area contributed by atoms with Gasteiger partial charge < -0.3 is 14.8 Å². The molecule has 1 unspecified atom stereocenters. The molecule has 1 N–H and O–H groups in total. The number of hydrogen-bond donors (Lipinski definition) is 1. The first-order chi connectivity index (χ1) is 12.5. The van der Waals surface area contributed by atoms with Gasteiger partial charge >= 0.3 is 5.97 Å². The Bertz CT molecular complexity index is 615. The molecule has 1 amide bonds. The van der Waals surface area contributed by atoms with Gasteiger partial charge in [0, 0.05) is 12.1 Å². The lowest BCUT2D eigenvalue weighted by atomic mass is 9.92. The number of carbonyl (C=O) groups is 2. The van der Waals surface area contributed by atoms with Crippen LogP contribution >= 0.6 is 0 Å². The van der Waals surface area contributed by atoms with Gasteiger partial charge in [-0.2, -0.15) is 0 Å². The van der Waals surface area contributed by atoms with Gasteiger partial charge in [0.15, 0.2) is 0 Å². The summed E-state index contributed by atoms with van der Waals surface area (Å²) < 4.78 is 10.7. The van der Waals surface area contributed by atoms with Crippen LogP contribution in [0, 0.1) is 5.92 Å². The molecule has 0 saturated heterocycles. The van der Waals surface area contributed by atoms with E-state index in [9.17, 15) is 9.59 Å². The Morgan fingerprint density at radius 1 is 1.19 bits per heavy atom. The number of methoxy groups -OCH3 is 1. The van der Waals surface area contributed by atoms with E-state index in [2.05, 4.69) is 5.32 Å². The topological polar surface area (TPSA) is 64.6 Å². The summed E-state index contributed by atoms with van der Waals surface area (Å²) in [6.45, 7) is 3.88. The molecule has 0 aromatic heterocycles. The van der Waals surface area contributed by atoms with Crippen molar-refractivity contribution >= 4 is 18.0 Å². The Kier molecular flexibility index (Phi) is 7.70. The maximum atomic E-state index is 12.1. The highest BCUT2D eigenvalue weighted by Gasteiger charge is 2.25. The van der Waals surface area contributed by atoms with Crippen LogP contribution in [0.4, 0.5) is 0 Å². The quantitative estimate of drug-likeness (QED) is 0.595. The first kappa shape index (κ1) is 20.0. The number of benzene rings is 1. The van der Waals surface area contributed by atoms with E-state index in [-0.39, 0.29) is 29.9 Å². The zero-order chi connectivity index (χ0) is 18.9. The van der Waals surface area contributed by atoms with Gasteiger partial charge in [-0.1, -0.05) is 26.0 Å². The van der Waals surface area contributed by atoms with Gasteiger partial charge in [0.05, 0.1) is 13.0 Å². The highest BCUT2D eigenvalue weighted by Crippen LogP contribution is 2.22. The maximum absolute atomic E-state index is 12.1. The van der Waals surface area contributed by atoms with Crippen molar-refractivity contribution in [2.45, 2.75) is 58.1 Å². The van der Waals surface area contributed by atoms with E-state index in [0.717, 1.165) is 43.4 Å². The van der Waals surface area contributed by atoms with Crippen LogP contribution in [0.25, 0.3) is 6.08 Å². The van der Waals surface area contributed by atoms with Gasteiger partial charge in [0.25, 0.3) is 0 Å². The van der Waals surface area contributed by atoms with Gasteiger partial charge in [-0.3, -0.25) is 9.59 Å². The van der Waals surface area contributed by atoms with Gasteiger partial charge in [-0.15, -0.1) is 0 Å². The van der Waals surface area contributed by atoms with E-state index in [0.29, 0.717) is 0 Å². The predicted octanol–water partition coefficient (Wildman–Crippen LogP) is 3.73. The minimum absolute atomic E-state index is 0.0144. The van der Waals surface area contributed by atoms with Gasteiger partial charge in [-0.05, 0) is 55.9 Å². The van der Waals surface area contributed by atoms with Crippen LogP contribution in [0.15, 0.2) is 30.3 Å². The molecule has 5 nitrogen and oxygen atoms in total. The lowest BCUT2D eigenvalue weighted by Crippen LogP contribution is -2.39. The van der Waals surface area contributed by atoms with Gasteiger partial charge in [0.1, 0.15) is 11.9 Å². The molecule has 1 aliphatic carbocycles. The second kappa shape index (κ2) is 10.00. The zero-order valence-corrected chi connectivity index (χ0v) is 15.9. The van der Waals surface area contributed by atoms with E-state index in [1.807, 2.05) is 38.1 Å². The Labute approximate surface area is 155 Å². The number of rotatable bonds is 7. The predicted molar refractivity (Wildman–Crippen MR) is 102 cm³/mol. The summed E-state index contributed by atoms with van der Waals surface area (Å²) in [5.74, 6) is 0.538. The van der Waals surface area contributed by atoms with Gasteiger partial charge in [0.2, 0.25) is 5.91 Å². The Hall–Kier alpha value is -2.30. The number of nitrogens with one attached hydrogen (secondary N) is 1. The Balaban J connectivity index is 1.73. The average molecular weight is 359 g/mol. The highest BCUT2D eigenvalue weighted by atomic mass is 16.5. The molecule has 1 atom stereocenters. The largest absolute Gasteiger partial charge is 0.497 e. The Morgan fingerprint density at radius 2 is 1.85 bits per heavy atom. The molecule has 0 aliphatic heterocycles. The summed E-state index contributed by atoms with van der Waals surface area (Å²) in [4.78, 5) is 23.9. The highest BCUT2D eigenvalue weighted by molar-refractivity contribution is 5.91. The summed E-state index contributed by atoms with van der Waals surface area (Å²) in [5.41, 5.74) is 0.946. The maximum Gasteiger partial charge on any atom is 0.308 e. The number of esters is 1. The normalized spacial score (nSPS) is 21.2. The van der Waals surface area contributed by atoms with Crippen molar-refractivity contribution in [2.24, 2.45) is 5.92 Å². The second-order valence-electron chi connectivity index (χ2n) is 6.83. The number of amides is 1. The molecule has 0 bridgehead atoms. The molecule has 0 heterocycles. The molecule has 1 fully saturated rings. The monoisotopic (exact) mass is 359 g/mol. The van der Waals surface area contributed by atoms with Crippen molar-refractivity contribution in [1.82, 2.24) is 5.32 Å². The lowest BCUT2D eigenvalue weighted by Gasteiger charge is -2.29. The summed E-state index contributed by atoms with van der Waals surface area (Å²) in [7, 11) is 1.62. The average Bonchev–Trinajstić information content (AvgIpc) is 2.67. The lowest BCUT2D eigenvalue weighted by molar-refractivity contribution is -0.155. The third kappa shape index (κ3) is 6.21. The van der Waals surface area contributed by atoms with E-state index in [1.165, 1.54) is 0 Å². The van der Waals surface area contributed by atoms with E-state index in [4.69, 9.17) is 9.47 Å². The molecular formula is C21H29NO4. The van der Waals surface area contributed by atoms with Crippen LogP contribution < -0.4 is 10.1 Å². The number of ether oxygens (including phenoxy) is 2. The third-order valence-electron chi connectivity index (χ3n) is 4.86. The fourth-order valence-electron chi connectivity index (χ4n) is 2.91. The van der Waals surface area contributed by atoms with Crippen molar-refractivity contribution in [3.63, 3.8) is 0 Å². The molecule has 1 saturated carbocycles. The van der Waals surface area contributed by atoms with Crippen LogP contribution in [-0.2, 0) is 14.3 Å². The van der Waals surface area contributed by atoms with Crippen LogP contribution in [0.2, 0.25) is 0 Å².